The summed E-state index contributed by atoms with van der Waals surface area (Å²) in [6, 6.07) is 17.2. The fourth-order valence-corrected chi connectivity index (χ4v) is 3.05. The molecule has 0 bridgehead atoms. The molecule has 3 aromatic rings. The third-order valence-corrected chi connectivity index (χ3v) is 4.67. The van der Waals surface area contributed by atoms with Crippen LogP contribution in [0.15, 0.2) is 71.9 Å². The zero-order valence-corrected chi connectivity index (χ0v) is 16.2. The molecule has 7 heteroatoms. The van der Waals surface area contributed by atoms with E-state index in [4.69, 9.17) is 4.74 Å². The van der Waals surface area contributed by atoms with Gasteiger partial charge in [0, 0.05) is 23.1 Å². The Morgan fingerprint density at radius 1 is 0.893 bits per heavy atom. The second-order valence-corrected chi connectivity index (χ2v) is 6.57. The molecule has 2 N–H and O–H groups in total. The maximum atomic E-state index is 12.5. The summed E-state index contributed by atoms with van der Waals surface area (Å²) in [4.78, 5) is 29.0. The molecule has 0 fully saturated rings. The molecule has 0 unspecified atom stereocenters. The summed E-state index contributed by atoms with van der Waals surface area (Å²) < 4.78 is 5.10. The Bertz CT molecular complexity index is 973. The van der Waals surface area contributed by atoms with Crippen LogP contribution in [-0.4, -0.2) is 30.2 Å². The Hall–Kier alpha value is -3.32. The van der Waals surface area contributed by atoms with Gasteiger partial charge in [-0.1, -0.05) is 0 Å². The molecule has 0 aliphatic heterocycles. The zero-order chi connectivity index (χ0) is 19.9. The zero-order valence-electron chi connectivity index (χ0n) is 15.4. The number of rotatable bonds is 6. The van der Waals surface area contributed by atoms with Crippen molar-refractivity contribution in [3.63, 3.8) is 0 Å². The number of benzene rings is 2. The number of ether oxygens (including phenoxy) is 1. The van der Waals surface area contributed by atoms with Crippen LogP contribution in [-0.2, 0) is 0 Å². The summed E-state index contributed by atoms with van der Waals surface area (Å²) in [5.74, 6) is 0.240. The van der Waals surface area contributed by atoms with Gasteiger partial charge in [-0.15, -0.1) is 11.8 Å². The minimum atomic E-state index is -0.243. The van der Waals surface area contributed by atoms with E-state index in [0.717, 1.165) is 5.75 Å². The van der Waals surface area contributed by atoms with Crippen LogP contribution in [0.5, 0.6) is 5.75 Å². The van der Waals surface area contributed by atoms with Crippen molar-refractivity contribution in [2.24, 2.45) is 0 Å². The number of thioether (sulfide) groups is 1. The molecule has 2 amide bonds. The lowest BCUT2D eigenvalue weighted by atomic mass is 10.1. The highest BCUT2D eigenvalue weighted by molar-refractivity contribution is 7.98. The molecule has 6 nitrogen and oxygen atoms in total. The van der Waals surface area contributed by atoms with E-state index < -0.39 is 0 Å². The summed E-state index contributed by atoms with van der Waals surface area (Å²) in [6.07, 6.45) is 3.52. The molecule has 0 spiro atoms. The molecule has 3 rings (SSSR count). The Morgan fingerprint density at radius 2 is 1.50 bits per heavy atom. The van der Waals surface area contributed by atoms with E-state index in [1.165, 1.54) is 11.8 Å². The Balaban J connectivity index is 1.65. The summed E-state index contributed by atoms with van der Waals surface area (Å²) in [5.41, 5.74) is 2.27. The minimum absolute atomic E-state index is 0.236. The molecule has 0 aliphatic rings. The lowest BCUT2D eigenvalue weighted by Crippen LogP contribution is -2.14. The highest BCUT2D eigenvalue weighted by atomic mass is 32.2. The summed E-state index contributed by atoms with van der Waals surface area (Å²) >= 11 is 1.41. The SMILES string of the molecule is COc1ccc(NC(=O)c2ccc(NC(=O)c3cccnc3SC)cc2)cc1. The number of pyridine rings is 1. The first-order valence-corrected chi connectivity index (χ1v) is 9.69. The minimum Gasteiger partial charge on any atom is -0.497 e. The van der Waals surface area contributed by atoms with Crippen LogP contribution in [0.3, 0.4) is 0 Å². The molecule has 1 heterocycles. The number of aromatic nitrogens is 1. The number of amides is 2. The predicted molar refractivity (Wildman–Crippen MR) is 111 cm³/mol. The van der Waals surface area contributed by atoms with E-state index in [2.05, 4.69) is 15.6 Å². The maximum absolute atomic E-state index is 12.5. The van der Waals surface area contributed by atoms with Crippen LogP contribution in [0.25, 0.3) is 0 Å². The second kappa shape index (κ2) is 9.05. The smallest absolute Gasteiger partial charge is 0.258 e. The maximum Gasteiger partial charge on any atom is 0.258 e. The highest BCUT2D eigenvalue weighted by Crippen LogP contribution is 2.20. The van der Waals surface area contributed by atoms with Crippen molar-refractivity contribution < 1.29 is 14.3 Å². The molecule has 1 aromatic heterocycles. The van der Waals surface area contributed by atoms with Crippen LogP contribution in [0, 0.1) is 0 Å². The van der Waals surface area contributed by atoms with Crippen molar-refractivity contribution in [1.82, 2.24) is 4.98 Å². The first-order valence-electron chi connectivity index (χ1n) is 8.46. The number of anilines is 2. The Morgan fingerprint density at radius 3 is 2.11 bits per heavy atom. The van der Waals surface area contributed by atoms with E-state index in [1.54, 1.807) is 74.0 Å². The average Bonchev–Trinajstić information content (AvgIpc) is 2.74. The van der Waals surface area contributed by atoms with Gasteiger partial charge >= 0.3 is 0 Å². The normalized spacial score (nSPS) is 10.2. The van der Waals surface area contributed by atoms with Gasteiger partial charge in [-0.25, -0.2) is 4.98 Å². The van der Waals surface area contributed by atoms with E-state index in [1.807, 2.05) is 6.26 Å². The van der Waals surface area contributed by atoms with Crippen LogP contribution in [0.1, 0.15) is 20.7 Å². The van der Waals surface area contributed by atoms with Crippen LogP contribution < -0.4 is 15.4 Å². The van der Waals surface area contributed by atoms with E-state index in [0.29, 0.717) is 27.5 Å². The van der Waals surface area contributed by atoms with E-state index >= 15 is 0 Å². The Kier molecular flexibility index (Phi) is 6.29. The van der Waals surface area contributed by atoms with Crippen molar-refractivity contribution >= 4 is 35.0 Å². The predicted octanol–water partition coefficient (Wildman–Crippen LogP) is 4.32. The van der Waals surface area contributed by atoms with Gasteiger partial charge in [0.15, 0.2) is 0 Å². The average molecular weight is 393 g/mol. The number of hydrogen-bond acceptors (Lipinski definition) is 5. The lowest BCUT2D eigenvalue weighted by Gasteiger charge is -2.09. The van der Waals surface area contributed by atoms with Gasteiger partial charge in [0.25, 0.3) is 11.8 Å². The van der Waals surface area contributed by atoms with E-state index in [-0.39, 0.29) is 11.8 Å². The topological polar surface area (TPSA) is 80.3 Å². The van der Waals surface area contributed by atoms with Crippen molar-refractivity contribution in [2.75, 3.05) is 24.0 Å². The number of nitrogens with one attached hydrogen (secondary N) is 2. The third-order valence-electron chi connectivity index (χ3n) is 3.96. The van der Waals surface area contributed by atoms with Crippen molar-refractivity contribution in [3.05, 3.63) is 78.0 Å². The molecule has 0 radical (unpaired) electrons. The molecule has 0 saturated heterocycles. The molecule has 0 atom stereocenters. The van der Waals surface area contributed by atoms with Crippen LogP contribution in [0.2, 0.25) is 0 Å². The van der Waals surface area contributed by atoms with Gasteiger partial charge in [-0.05, 0) is 66.9 Å². The molecular weight excluding hydrogens is 374 g/mol. The monoisotopic (exact) mass is 393 g/mol. The van der Waals surface area contributed by atoms with Crippen molar-refractivity contribution in [1.29, 1.82) is 0 Å². The molecule has 0 saturated carbocycles. The van der Waals surface area contributed by atoms with Crippen LogP contribution in [0.4, 0.5) is 11.4 Å². The summed E-state index contributed by atoms with van der Waals surface area (Å²) in [5, 5.41) is 6.30. The van der Waals surface area contributed by atoms with Crippen molar-refractivity contribution in [3.8, 4) is 5.75 Å². The quantitative estimate of drug-likeness (QED) is 0.610. The number of carbonyl (C=O) groups excluding carboxylic acids is 2. The van der Waals surface area contributed by atoms with Gasteiger partial charge < -0.3 is 15.4 Å². The van der Waals surface area contributed by atoms with Gasteiger partial charge in [-0.3, -0.25) is 9.59 Å². The highest BCUT2D eigenvalue weighted by Gasteiger charge is 2.12. The summed E-state index contributed by atoms with van der Waals surface area (Å²) in [7, 11) is 1.59. The lowest BCUT2D eigenvalue weighted by molar-refractivity contribution is 0.101. The van der Waals surface area contributed by atoms with Gasteiger partial charge in [-0.2, -0.15) is 0 Å². The van der Waals surface area contributed by atoms with Crippen LogP contribution >= 0.6 is 11.8 Å². The van der Waals surface area contributed by atoms with Gasteiger partial charge in [0.1, 0.15) is 10.8 Å². The van der Waals surface area contributed by atoms with Crippen molar-refractivity contribution in [2.45, 2.75) is 5.03 Å². The fourth-order valence-electron chi connectivity index (χ4n) is 2.51. The van der Waals surface area contributed by atoms with Gasteiger partial charge in [0.2, 0.25) is 0 Å². The first-order chi connectivity index (χ1) is 13.6. The summed E-state index contributed by atoms with van der Waals surface area (Å²) in [6.45, 7) is 0. The second-order valence-electron chi connectivity index (χ2n) is 5.77. The molecule has 2 aromatic carbocycles. The molecule has 0 aliphatic carbocycles. The molecule has 28 heavy (non-hydrogen) atoms. The fraction of sp³-hybridized carbons (Fsp3) is 0.0952. The number of hydrogen-bond donors (Lipinski definition) is 2. The number of nitrogens with zero attached hydrogens (tertiary/aromatic N) is 1. The third kappa shape index (κ3) is 4.69. The largest absolute Gasteiger partial charge is 0.497 e. The molecule has 142 valence electrons. The number of carbonyl (C=O) groups is 2. The molecular formula is C21H19N3O3S. The first kappa shape index (κ1) is 19.4. The van der Waals surface area contributed by atoms with E-state index in [9.17, 15) is 9.59 Å². The Labute approximate surface area is 167 Å². The number of methoxy groups -OCH3 is 1. The standard InChI is InChI=1S/C21H19N3O3S/c1-27-17-11-9-16(10-12-17)23-19(25)14-5-7-15(8-6-14)24-20(26)18-4-3-13-22-21(18)28-2/h3-13H,1-2H3,(H,23,25)(H,24,26). The van der Waals surface area contributed by atoms with Gasteiger partial charge in [0.05, 0.1) is 12.7 Å².